The van der Waals surface area contributed by atoms with Gasteiger partial charge in [-0.15, -0.1) is 0 Å². The monoisotopic (exact) mass is 279 g/mol. The zero-order valence-electron chi connectivity index (χ0n) is 12.1. The van der Waals surface area contributed by atoms with Gasteiger partial charge in [-0.3, -0.25) is 9.20 Å². The van der Waals surface area contributed by atoms with E-state index in [1.165, 1.54) is 0 Å². The van der Waals surface area contributed by atoms with Crippen molar-refractivity contribution in [2.75, 3.05) is 0 Å². The van der Waals surface area contributed by atoms with Crippen LogP contribution >= 0.6 is 0 Å². The Hall–Kier alpha value is -2.62. The van der Waals surface area contributed by atoms with E-state index in [1.54, 1.807) is 0 Å². The van der Waals surface area contributed by atoms with Crippen LogP contribution in [0.2, 0.25) is 0 Å². The number of carbonyl (C=O) groups excluding carboxylic acids is 1. The summed E-state index contributed by atoms with van der Waals surface area (Å²) in [5, 5.41) is 2.96. The summed E-state index contributed by atoms with van der Waals surface area (Å²) < 4.78 is 1.90. The van der Waals surface area contributed by atoms with Crippen molar-refractivity contribution in [1.82, 2.24) is 14.7 Å². The molecule has 3 rings (SSSR count). The Morgan fingerprint density at radius 2 is 1.86 bits per heavy atom. The van der Waals surface area contributed by atoms with Crippen LogP contribution in [0.15, 0.2) is 48.5 Å². The van der Waals surface area contributed by atoms with Crippen LogP contribution in [-0.4, -0.2) is 15.3 Å². The van der Waals surface area contributed by atoms with E-state index in [1.807, 2.05) is 66.8 Å². The van der Waals surface area contributed by atoms with Crippen molar-refractivity contribution >= 4 is 11.6 Å². The second-order valence-electron chi connectivity index (χ2n) is 5.07. The van der Waals surface area contributed by atoms with Crippen molar-refractivity contribution in [2.24, 2.45) is 0 Å². The molecule has 2 aromatic heterocycles. The lowest BCUT2D eigenvalue weighted by Gasteiger charge is -2.08. The van der Waals surface area contributed by atoms with Crippen molar-refractivity contribution < 1.29 is 4.79 Å². The Kier molecular flexibility index (Phi) is 3.44. The molecule has 0 bridgehead atoms. The minimum atomic E-state index is -0.0989. The zero-order chi connectivity index (χ0) is 14.8. The standard InChI is InChI=1S/C17H17N3O/c1-12-7-6-10-15-19-13(2)16(20(12)15)17(21)18-11-14-8-4-3-5-9-14/h3-10H,11H2,1-2H3,(H,18,21). The maximum atomic E-state index is 12.5. The third kappa shape index (κ3) is 2.52. The van der Waals surface area contributed by atoms with Gasteiger partial charge in [0.05, 0.1) is 5.69 Å². The summed E-state index contributed by atoms with van der Waals surface area (Å²) in [7, 11) is 0. The smallest absolute Gasteiger partial charge is 0.270 e. The van der Waals surface area contributed by atoms with Gasteiger partial charge in [0.2, 0.25) is 0 Å². The van der Waals surface area contributed by atoms with Gasteiger partial charge in [-0.2, -0.15) is 0 Å². The molecule has 0 aliphatic heterocycles. The Bertz CT molecular complexity index is 790. The summed E-state index contributed by atoms with van der Waals surface area (Å²) in [6.07, 6.45) is 0. The minimum Gasteiger partial charge on any atom is -0.347 e. The van der Waals surface area contributed by atoms with Gasteiger partial charge < -0.3 is 5.32 Å². The molecule has 0 unspecified atom stereocenters. The number of pyridine rings is 1. The highest BCUT2D eigenvalue weighted by molar-refractivity contribution is 5.94. The van der Waals surface area contributed by atoms with Crippen LogP contribution in [0.4, 0.5) is 0 Å². The average Bonchev–Trinajstić information content (AvgIpc) is 2.83. The third-order valence-corrected chi connectivity index (χ3v) is 3.52. The predicted octanol–water partition coefficient (Wildman–Crippen LogP) is 2.88. The fourth-order valence-corrected chi connectivity index (χ4v) is 2.50. The molecular weight excluding hydrogens is 262 g/mol. The van der Waals surface area contributed by atoms with Gasteiger partial charge in [0, 0.05) is 12.2 Å². The molecule has 2 heterocycles. The molecule has 4 heteroatoms. The molecule has 21 heavy (non-hydrogen) atoms. The number of hydrogen-bond donors (Lipinski definition) is 1. The summed E-state index contributed by atoms with van der Waals surface area (Å²) in [4.78, 5) is 16.9. The number of aromatic nitrogens is 2. The quantitative estimate of drug-likeness (QED) is 0.801. The minimum absolute atomic E-state index is 0.0989. The van der Waals surface area contributed by atoms with Crippen molar-refractivity contribution in [2.45, 2.75) is 20.4 Å². The summed E-state index contributed by atoms with van der Waals surface area (Å²) >= 11 is 0. The first-order chi connectivity index (χ1) is 10.2. The lowest BCUT2D eigenvalue weighted by molar-refractivity contribution is 0.0944. The number of benzene rings is 1. The van der Waals surface area contributed by atoms with Crippen molar-refractivity contribution in [3.05, 3.63) is 71.2 Å². The number of imidazole rings is 1. The molecule has 1 N–H and O–H groups in total. The van der Waals surface area contributed by atoms with Crippen molar-refractivity contribution in [3.8, 4) is 0 Å². The van der Waals surface area contributed by atoms with Crippen LogP contribution < -0.4 is 5.32 Å². The molecule has 0 saturated carbocycles. The molecule has 0 radical (unpaired) electrons. The Morgan fingerprint density at radius 3 is 2.62 bits per heavy atom. The SMILES string of the molecule is Cc1nc2cccc(C)n2c1C(=O)NCc1ccccc1. The fourth-order valence-electron chi connectivity index (χ4n) is 2.50. The molecule has 1 aromatic carbocycles. The largest absolute Gasteiger partial charge is 0.347 e. The summed E-state index contributed by atoms with van der Waals surface area (Å²) in [5.74, 6) is -0.0989. The lowest BCUT2D eigenvalue weighted by atomic mass is 10.2. The van der Waals surface area contributed by atoms with E-state index in [4.69, 9.17) is 0 Å². The molecule has 0 spiro atoms. The molecule has 0 aliphatic carbocycles. The van der Waals surface area contributed by atoms with Gasteiger partial charge in [0.15, 0.2) is 0 Å². The average molecular weight is 279 g/mol. The van der Waals surface area contributed by atoms with Gasteiger partial charge in [-0.25, -0.2) is 4.98 Å². The summed E-state index contributed by atoms with van der Waals surface area (Å²) in [6, 6.07) is 15.7. The maximum absolute atomic E-state index is 12.5. The zero-order valence-corrected chi connectivity index (χ0v) is 12.1. The first kappa shape index (κ1) is 13.4. The van der Waals surface area contributed by atoms with Crippen LogP contribution in [0.5, 0.6) is 0 Å². The molecule has 0 fully saturated rings. The highest BCUT2D eigenvalue weighted by atomic mass is 16.1. The Morgan fingerprint density at radius 1 is 1.10 bits per heavy atom. The summed E-state index contributed by atoms with van der Waals surface area (Å²) in [6.45, 7) is 4.35. The number of amides is 1. The third-order valence-electron chi connectivity index (χ3n) is 3.52. The molecule has 4 nitrogen and oxygen atoms in total. The first-order valence-corrected chi connectivity index (χ1v) is 6.93. The van der Waals surface area contributed by atoms with E-state index >= 15 is 0 Å². The second kappa shape index (κ2) is 5.40. The van der Waals surface area contributed by atoms with Gasteiger partial charge in [-0.1, -0.05) is 36.4 Å². The number of fused-ring (bicyclic) bond motifs is 1. The van der Waals surface area contributed by atoms with E-state index in [0.29, 0.717) is 12.2 Å². The molecule has 0 atom stereocenters. The van der Waals surface area contributed by atoms with Crippen LogP contribution in [-0.2, 0) is 6.54 Å². The van der Waals surface area contributed by atoms with E-state index < -0.39 is 0 Å². The molecular formula is C17H17N3O. The molecule has 0 saturated heterocycles. The van der Waals surface area contributed by atoms with Crippen molar-refractivity contribution in [3.63, 3.8) is 0 Å². The first-order valence-electron chi connectivity index (χ1n) is 6.93. The lowest BCUT2D eigenvalue weighted by Crippen LogP contribution is -2.25. The maximum Gasteiger partial charge on any atom is 0.270 e. The molecule has 3 aromatic rings. The topological polar surface area (TPSA) is 46.4 Å². The van der Waals surface area contributed by atoms with Gasteiger partial charge in [0.25, 0.3) is 5.91 Å². The number of aryl methyl sites for hydroxylation is 2. The molecule has 0 aliphatic rings. The van der Waals surface area contributed by atoms with Crippen LogP contribution in [0.1, 0.15) is 27.4 Å². The number of nitrogens with one attached hydrogen (secondary N) is 1. The van der Waals surface area contributed by atoms with Gasteiger partial charge in [-0.05, 0) is 31.5 Å². The number of rotatable bonds is 3. The Balaban J connectivity index is 1.90. The summed E-state index contributed by atoms with van der Waals surface area (Å²) in [5.41, 5.74) is 4.23. The van der Waals surface area contributed by atoms with Crippen molar-refractivity contribution in [1.29, 1.82) is 0 Å². The van der Waals surface area contributed by atoms with Gasteiger partial charge in [0.1, 0.15) is 11.3 Å². The molecule has 1 amide bonds. The van der Waals surface area contributed by atoms with E-state index in [2.05, 4.69) is 10.3 Å². The number of carbonyl (C=O) groups is 1. The van der Waals surface area contributed by atoms with Gasteiger partial charge >= 0.3 is 0 Å². The van der Waals surface area contributed by atoms with Crippen LogP contribution in [0.25, 0.3) is 5.65 Å². The Labute approximate surface area is 123 Å². The number of hydrogen-bond acceptors (Lipinski definition) is 2. The predicted molar refractivity (Wildman–Crippen MR) is 82.3 cm³/mol. The highest BCUT2D eigenvalue weighted by Gasteiger charge is 2.17. The molecule has 106 valence electrons. The second-order valence-corrected chi connectivity index (χ2v) is 5.07. The van der Waals surface area contributed by atoms with Crippen LogP contribution in [0, 0.1) is 13.8 Å². The van der Waals surface area contributed by atoms with E-state index in [9.17, 15) is 4.79 Å². The van der Waals surface area contributed by atoms with E-state index in [0.717, 1.165) is 22.6 Å². The van der Waals surface area contributed by atoms with Crippen LogP contribution in [0.3, 0.4) is 0 Å². The normalized spacial score (nSPS) is 10.8. The number of nitrogens with zero attached hydrogens (tertiary/aromatic N) is 2. The van der Waals surface area contributed by atoms with E-state index in [-0.39, 0.29) is 5.91 Å². The highest BCUT2D eigenvalue weighted by Crippen LogP contribution is 2.14. The fraction of sp³-hybridized carbons (Fsp3) is 0.176.